The van der Waals surface area contributed by atoms with Crippen molar-refractivity contribution in [2.45, 2.75) is 153 Å². The fraction of sp³-hybridized carbons (Fsp3) is 0.705. The van der Waals surface area contributed by atoms with Crippen LogP contribution in [0.3, 0.4) is 0 Å². The number of hydrogen-bond donors (Lipinski definition) is 6. The summed E-state index contributed by atoms with van der Waals surface area (Å²) in [5, 5.41) is 57.9. The maximum absolute atomic E-state index is 11.1. The van der Waals surface area contributed by atoms with Crippen LogP contribution in [0.2, 0.25) is 0 Å². The number of ether oxygens (including phenoxy) is 12. The van der Waals surface area contributed by atoms with Crippen molar-refractivity contribution >= 4 is 35.8 Å². The second kappa shape index (κ2) is 50.9. The molecule has 2 aliphatic carbocycles. The van der Waals surface area contributed by atoms with E-state index in [4.69, 9.17) is 37.9 Å². The highest BCUT2D eigenvalue weighted by Gasteiger charge is 2.41. The van der Waals surface area contributed by atoms with Gasteiger partial charge in [-0.05, 0) is 94.3 Å². The minimum atomic E-state index is -0.876. The topological polar surface area (TPSA) is 335 Å². The Morgan fingerprint density at radius 2 is 0.541 bits per heavy atom. The summed E-state index contributed by atoms with van der Waals surface area (Å²) in [6.07, 6.45) is 14.8. The zero-order valence-electron chi connectivity index (χ0n) is 50.2. The molecule has 0 spiro atoms. The minimum absolute atomic E-state index is 0.0681. The third kappa shape index (κ3) is 44.0. The van der Waals surface area contributed by atoms with E-state index < -0.39 is 72.4 Å². The van der Waals surface area contributed by atoms with Crippen LogP contribution in [0.25, 0.3) is 0 Å². The Kier molecular flexibility index (Phi) is 47.8. The molecule has 24 heteroatoms. The van der Waals surface area contributed by atoms with Gasteiger partial charge in [0.15, 0.2) is 0 Å². The fourth-order valence-corrected chi connectivity index (χ4v) is 8.53. The Morgan fingerprint density at radius 1 is 0.341 bits per heavy atom. The molecule has 85 heavy (non-hydrogen) atoms. The summed E-state index contributed by atoms with van der Waals surface area (Å²) in [7, 11) is 0. The van der Waals surface area contributed by atoms with Crippen LogP contribution >= 0.6 is 0 Å². The lowest BCUT2D eigenvalue weighted by Gasteiger charge is -2.46. The Balaban J connectivity index is 0.00000128. The van der Waals surface area contributed by atoms with E-state index in [0.29, 0.717) is 51.1 Å². The van der Waals surface area contributed by atoms with Crippen LogP contribution in [-0.2, 0) is 85.6 Å². The first-order valence-electron chi connectivity index (χ1n) is 29.0. The SMILES string of the molecule is C=CC(=O)OCC(O)COC1CCC(C(C)(C)C2CCC(OCC(O)COC(=O)C=C)CC2)CC1.C=CC(=O)OCC(O)COCCCCCCOCC(O)COC(=O)C=C.C=CC(=O)OCC(O)COCCCCOCC(O)COC(=O)C=C. The zero-order chi connectivity index (χ0) is 63.7. The molecule has 0 aliphatic heterocycles. The number of hydrogen-bond acceptors (Lipinski definition) is 24. The van der Waals surface area contributed by atoms with Gasteiger partial charge in [0.25, 0.3) is 0 Å². The summed E-state index contributed by atoms with van der Waals surface area (Å²) in [5.41, 5.74) is 0.229. The van der Waals surface area contributed by atoms with Crippen LogP contribution in [0.1, 0.15) is 104 Å². The summed E-state index contributed by atoms with van der Waals surface area (Å²) in [4.78, 5) is 65.3. The minimum Gasteiger partial charge on any atom is -0.460 e. The first-order chi connectivity index (χ1) is 40.6. The molecule has 2 fully saturated rings. The van der Waals surface area contributed by atoms with Crippen molar-refractivity contribution in [2.75, 3.05) is 106 Å². The van der Waals surface area contributed by atoms with Gasteiger partial charge in [0, 0.05) is 62.9 Å². The third-order valence-electron chi connectivity index (χ3n) is 13.4. The number of aliphatic hydroxyl groups excluding tert-OH is 6. The molecule has 6 N–H and O–H groups in total. The fourth-order valence-electron chi connectivity index (χ4n) is 8.53. The number of rotatable bonds is 46. The van der Waals surface area contributed by atoms with Crippen LogP contribution < -0.4 is 0 Å². The smallest absolute Gasteiger partial charge is 0.330 e. The van der Waals surface area contributed by atoms with Gasteiger partial charge in [0.05, 0.1) is 51.8 Å². The lowest BCUT2D eigenvalue weighted by Crippen LogP contribution is -2.39. The molecule has 6 atom stereocenters. The molecule has 0 radical (unpaired) electrons. The Hall–Kier alpha value is -5.22. The maximum atomic E-state index is 11.1. The van der Waals surface area contributed by atoms with Gasteiger partial charge in [0.2, 0.25) is 0 Å². The lowest BCUT2D eigenvalue weighted by molar-refractivity contribution is -0.143. The summed E-state index contributed by atoms with van der Waals surface area (Å²) in [6.45, 7) is 26.4. The molecule has 488 valence electrons. The molecule has 0 aromatic carbocycles. The predicted octanol–water partition coefficient (Wildman–Crippen LogP) is 4.08. The number of carbonyl (C=O) groups excluding carboxylic acids is 6. The van der Waals surface area contributed by atoms with Crippen molar-refractivity contribution in [2.24, 2.45) is 17.3 Å². The van der Waals surface area contributed by atoms with Gasteiger partial charge in [-0.3, -0.25) is 0 Å². The Bertz CT molecular complexity index is 1750. The average molecular weight is 1220 g/mol. The Labute approximate surface area is 502 Å². The first kappa shape index (κ1) is 79.8. The van der Waals surface area contributed by atoms with Gasteiger partial charge in [-0.25, -0.2) is 28.8 Å². The monoisotopic (exact) mass is 1220 g/mol. The van der Waals surface area contributed by atoms with Crippen LogP contribution in [-0.4, -0.2) is 221 Å². The van der Waals surface area contributed by atoms with E-state index in [9.17, 15) is 59.4 Å². The zero-order valence-corrected chi connectivity index (χ0v) is 50.2. The van der Waals surface area contributed by atoms with Crippen molar-refractivity contribution < 1.29 is 116 Å². The van der Waals surface area contributed by atoms with E-state index in [0.717, 1.165) is 114 Å². The van der Waals surface area contributed by atoms with Gasteiger partial charge in [-0.15, -0.1) is 0 Å². The summed E-state index contributed by atoms with van der Waals surface area (Å²) >= 11 is 0. The molecule has 0 saturated heterocycles. The molecule has 0 heterocycles. The molecule has 2 rings (SSSR count). The van der Waals surface area contributed by atoms with Crippen molar-refractivity contribution in [1.29, 1.82) is 0 Å². The van der Waals surface area contributed by atoms with Gasteiger partial charge >= 0.3 is 35.8 Å². The summed E-state index contributed by atoms with van der Waals surface area (Å²) in [6, 6.07) is 0. The van der Waals surface area contributed by atoms with Crippen LogP contribution in [0.5, 0.6) is 0 Å². The van der Waals surface area contributed by atoms with E-state index in [1.54, 1.807) is 0 Å². The number of esters is 6. The largest absolute Gasteiger partial charge is 0.460 e. The highest BCUT2D eigenvalue weighted by atomic mass is 16.6. The molecule has 0 aromatic heterocycles. The van der Waals surface area contributed by atoms with Crippen LogP contribution in [0, 0.1) is 17.3 Å². The number of aliphatic hydroxyl groups is 6. The second-order valence-corrected chi connectivity index (χ2v) is 20.8. The number of unbranched alkanes of at least 4 members (excludes halogenated alkanes) is 4. The summed E-state index contributed by atoms with van der Waals surface area (Å²) < 4.78 is 61.2. The van der Waals surface area contributed by atoms with Crippen LogP contribution in [0.15, 0.2) is 75.9 Å². The molecule has 2 aliphatic rings. The van der Waals surface area contributed by atoms with Gasteiger partial charge in [-0.2, -0.15) is 0 Å². The van der Waals surface area contributed by atoms with E-state index >= 15 is 0 Å². The third-order valence-corrected chi connectivity index (χ3v) is 13.4. The quantitative estimate of drug-likeness (QED) is 0.0216. The van der Waals surface area contributed by atoms with E-state index in [1.165, 1.54) is 0 Å². The van der Waals surface area contributed by atoms with Gasteiger partial charge in [0.1, 0.15) is 76.3 Å². The molecular weight excluding hydrogens is 1120 g/mol. The predicted molar refractivity (Wildman–Crippen MR) is 311 cm³/mol. The molecule has 2 saturated carbocycles. The molecule has 0 aromatic rings. The molecule has 24 nitrogen and oxygen atoms in total. The highest BCUT2D eigenvalue weighted by Crippen LogP contribution is 2.49. The van der Waals surface area contributed by atoms with Gasteiger partial charge in [-0.1, -0.05) is 66.2 Å². The summed E-state index contributed by atoms with van der Waals surface area (Å²) in [5.74, 6) is -2.16. The molecule has 0 bridgehead atoms. The lowest BCUT2D eigenvalue weighted by atomic mass is 9.60. The molecular formula is C61H100O24. The standard InChI is InChI=1S/C27H44O8.C18H30O8.C16H26O8/c1-5-25(30)34-17-21(28)15-32-23-11-7-19(8-12-23)27(3,4)20-9-13-24(14-10-20)33-16-22(29)18-35-26(31)6-2;1-3-17(21)25-13-15(19)11-23-9-7-5-6-8-10-24-12-16(20)14-26-18(22)4-2;1-3-15(19)23-11-13(17)9-21-7-5-6-8-22-10-14(18)12-24-16(20)4-2/h5-6,19-24,28-29H,1-2,7-18H2,3-4H3;3-4,15-16,19-20H,1-2,5-14H2;3-4,13-14,17-18H,1-2,5-12H2. The van der Waals surface area contributed by atoms with Crippen molar-refractivity contribution in [3.8, 4) is 0 Å². The van der Waals surface area contributed by atoms with Crippen LogP contribution in [0.4, 0.5) is 0 Å². The van der Waals surface area contributed by atoms with Crippen molar-refractivity contribution in [1.82, 2.24) is 0 Å². The van der Waals surface area contributed by atoms with Crippen molar-refractivity contribution in [3.63, 3.8) is 0 Å². The van der Waals surface area contributed by atoms with E-state index in [2.05, 4.69) is 72.3 Å². The normalized spacial score (nSPS) is 18.6. The number of carbonyl (C=O) groups is 6. The average Bonchev–Trinajstić information content (AvgIpc) is 3.66. The van der Waals surface area contributed by atoms with E-state index in [-0.39, 0.29) is 96.9 Å². The van der Waals surface area contributed by atoms with Gasteiger partial charge < -0.3 is 87.5 Å². The highest BCUT2D eigenvalue weighted by molar-refractivity contribution is 5.82. The Morgan fingerprint density at radius 3 is 0.753 bits per heavy atom. The second-order valence-electron chi connectivity index (χ2n) is 20.8. The first-order valence-corrected chi connectivity index (χ1v) is 29.0. The van der Waals surface area contributed by atoms with E-state index in [1.807, 2.05) is 0 Å². The maximum Gasteiger partial charge on any atom is 0.330 e. The van der Waals surface area contributed by atoms with Crippen molar-refractivity contribution in [3.05, 3.63) is 75.9 Å². The molecule has 0 amide bonds. The molecule has 6 unspecified atom stereocenters.